The van der Waals surface area contributed by atoms with Crippen LogP contribution in [-0.4, -0.2) is 12.5 Å². The summed E-state index contributed by atoms with van der Waals surface area (Å²) >= 11 is 1.98. The molecule has 0 aliphatic rings. The van der Waals surface area contributed by atoms with Crippen LogP contribution in [0.5, 0.6) is 0 Å². The molecule has 0 saturated carbocycles. The summed E-state index contributed by atoms with van der Waals surface area (Å²) in [4.78, 5) is 11.7. The van der Waals surface area contributed by atoms with E-state index in [4.69, 9.17) is 5.73 Å². The van der Waals surface area contributed by atoms with Crippen molar-refractivity contribution in [2.24, 2.45) is 11.7 Å². The quantitative estimate of drug-likeness (QED) is 0.830. The molecular formula is C11H14FIN2O. The molecule has 1 amide bonds. The summed E-state index contributed by atoms with van der Waals surface area (Å²) < 4.78 is 13.5. The summed E-state index contributed by atoms with van der Waals surface area (Å²) in [5, 5.41) is 2.75. The number of halogens is 2. The second-order valence-electron chi connectivity index (χ2n) is 3.45. The zero-order chi connectivity index (χ0) is 12.1. The van der Waals surface area contributed by atoms with Gasteiger partial charge in [0, 0.05) is 10.1 Å². The van der Waals surface area contributed by atoms with Crippen LogP contribution in [0.1, 0.15) is 13.3 Å². The van der Waals surface area contributed by atoms with Crippen LogP contribution in [-0.2, 0) is 4.79 Å². The average Bonchev–Trinajstić information content (AvgIpc) is 2.24. The Labute approximate surface area is 108 Å². The normalized spacial score (nSPS) is 12.2. The molecule has 0 fully saturated rings. The number of rotatable bonds is 4. The Bertz CT molecular complexity index is 380. The number of amides is 1. The fourth-order valence-corrected chi connectivity index (χ4v) is 1.90. The zero-order valence-corrected chi connectivity index (χ0v) is 11.1. The second-order valence-corrected chi connectivity index (χ2v) is 4.62. The maximum atomic E-state index is 12.8. The van der Waals surface area contributed by atoms with Crippen LogP contribution < -0.4 is 11.1 Å². The van der Waals surface area contributed by atoms with Gasteiger partial charge in [0.1, 0.15) is 5.82 Å². The molecule has 1 unspecified atom stereocenters. The number of carbonyl (C=O) groups excluding carboxylic acids is 1. The molecule has 1 atom stereocenters. The Morgan fingerprint density at radius 3 is 2.81 bits per heavy atom. The van der Waals surface area contributed by atoms with Gasteiger partial charge in [-0.1, -0.05) is 6.92 Å². The van der Waals surface area contributed by atoms with E-state index in [0.717, 1.165) is 0 Å². The van der Waals surface area contributed by atoms with Crippen molar-refractivity contribution in [1.29, 1.82) is 0 Å². The lowest BCUT2D eigenvalue weighted by molar-refractivity contribution is -0.119. The lowest BCUT2D eigenvalue weighted by Gasteiger charge is -2.13. The number of nitrogens with two attached hydrogens (primary N) is 1. The largest absolute Gasteiger partial charge is 0.330 e. The molecule has 0 aromatic heterocycles. The molecule has 1 aromatic carbocycles. The smallest absolute Gasteiger partial charge is 0.228 e. The van der Waals surface area contributed by atoms with Crippen molar-refractivity contribution in [3.63, 3.8) is 0 Å². The van der Waals surface area contributed by atoms with Gasteiger partial charge < -0.3 is 11.1 Å². The van der Waals surface area contributed by atoms with E-state index >= 15 is 0 Å². The van der Waals surface area contributed by atoms with E-state index in [9.17, 15) is 9.18 Å². The minimum absolute atomic E-state index is 0.116. The first kappa shape index (κ1) is 13.4. The maximum absolute atomic E-state index is 12.8. The molecule has 5 heteroatoms. The molecule has 1 aromatic rings. The lowest BCUT2D eigenvalue weighted by Crippen LogP contribution is -2.28. The Balaban J connectivity index is 2.76. The van der Waals surface area contributed by atoms with E-state index in [-0.39, 0.29) is 17.6 Å². The zero-order valence-electron chi connectivity index (χ0n) is 8.97. The summed E-state index contributed by atoms with van der Waals surface area (Å²) in [6, 6.07) is 4.25. The number of carbonyl (C=O) groups is 1. The van der Waals surface area contributed by atoms with Gasteiger partial charge in [-0.05, 0) is 47.2 Å². The number of hydrogen-bond donors (Lipinski definition) is 2. The fourth-order valence-electron chi connectivity index (χ4n) is 1.28. The average molecular weight is 336 g/mol. The Kier molecular flexibility index (Phi) is 5.14. The van der Waals surface area contributed by atoms with Gasteiger partial charge in [-0.15, -0.1) is 0 Å². The van der Waals surface area contributed by atoms with E-state index < -0.39 is 0 Å². The highest BCUT2D eigenvalue weighted by atomic mass is 127. The van der Waals surface area contributed by atoms with E-state index in [2.05, 4.69) is 5.32 Å². The lowest BCUT2D eigenvalue weighted by atomic mass is 10.1. The second kappa shape index (κ2) is 6.15. The van der Waals surface area contributed by atoms with E-state index in [1.54, 1.807) is 6.07 Å². The van der Waals surface area contributed by atoms with Crippen molar-refractivity contribution in [2.75, 3.05) is 11.9 Å². The van der Waals surface area contributed by atoms with Crippen LogP contribution in [0.3, 0.4) is 0 Å². The van der Waals surface area contributed by atoms with Crippen molar-refractivity contribution in [2.45, 2.75) is 13.3 Å². The molecule has 0 aliphatic heterocycles. The van der Waals surface area contributed by atoms with E-state index in [1.165, 1.54) is 12.1 Å². The van der Waals surface area contributed by atoms with Gasteiger partial charge in [-0.2, -0.15) is 0 Å². The Hall–Kier alpha value is -0.690. The van der Waals surface area contributed by atoms with Gasteiger partial charge in [-0.3, -0.25) is 4.79 Å². The molecule has 3 nitrogen and oxygen atoms in total. The first-order valence-corrected chi connectivity index (χ1v) is 6.12. The molecule has 3 N–H and O–H groups in total. The van der Waals surface area contributed by atoms with E-state index in [1.807, 2.05) is 29.5 Å². The highest BCUT2D eigenvalue weighted by Gasteiger charge is 2.15. The molecule has 0 bridgehead atoms. The minimum Gasteiger partial charge on any atom is -0.330 e. The number of anilines is 1. The van der Waals surface area contributed by atoms with Gasteiger partial charge in [0.2, 0.25) is 5.91 Å². The highest BCUT2D eigenvalue weighted by molar-refractivity contribution is 14.1. The number of nitrogens with one attached hydrogen (secondary N) is 1. The van der Waals surface area contributed by atoms with Crippen LogP contribution in [0, 0.1) is 15.3 Å². The monoisotopic (exact) mass is 336 g/mol. The van der Waals surface area contributed by atoms with E-state index in [0.29, 0.717) is 22.2 Å². The van der Waals surface area contributed by atoms with Gasteiger partial charge in [0.15, 0.2) is 0 Å². The summed E-state index contributed by atoms with van der Waals surface area (Å²) in [5.41, 5.74) is 6.10. The Morgan fingerprint density at radius 2 is 2.31 bits per heavy atom. The Morgan fingerprint density at radius 1 is 1.62 bits per heavy atom. The van der Waals surface area contributed by atoms with Crippen molar-refractivity contribution in [3.05, 3.63) is 27.6 Å². The van der Waals surface area contributed by atoms with Crippen LogP contribution in [0.2, 0.25) is 0 Å². The summed E-state index contributed by atoms with van der Waals surface area (Å²) in [6.45, 7) is 2.23. The molecular weight excluding hydrogens is 322 g/mol. The summed E-state index contributed by atoms with van der Waals surface area (Å²) in [6.07, 6.45) is 0.695. The number of benzene rings is 1. The predicted molar refractivity (Wildman–Crippen MR) is 70.6 cm³/mol. The summed E-state index contributed by atoms with van der Waals surface area (Å²) in [5.74, 6) is -0.622. The topological polar surface area (TPSA) is 55.1 Å². The molecule has 0 heterocycles. The predicted octanol–water partition coefficient (Wildman–Crippen LogP) is 2.35. The first-order chi connectivity index (χ1) is 7.58. The number of hydrogen-bond acceptors (Lipinski definition) is 2. The molecule has 88 valence electrons. The van der Waals surface area contributed by atoms with Crippen molar-refractivity contribution >= 4 is 34.2 Å². The van der Waals surface area contributed by atoms with Gasteiger partial charge >= 0.3 is 0 Å². The third-order valence-electron chi connectivity index (χ3n) is 2.34. The van der Waals surface area contributed by atoms with Crippen LogP contribution in [0.25, 0.3) is 0 Å². The molecule has 1 rings (SSSR count). The van der Waals surface area contributed by atoms with Crippen LogP contribution in [0.15, 0.2) is 18.2 Å². The van der Waals surface area contributed by atoms with Crippen LogP contribution in [0.4, 0.5) is 10.1 Å². The van der Waals surface area contributed by atoms with Crippen molar-refractivity contribution in [3.8, 4) is 0 Å². The maximum Gasteiger partial charge on any atom is 0.228 e. The molecule has 16 heavy (non-hydrogen) atoms. The molecule has 0 radical (unpaired) electrons. The van der Waals surface area contributed by atoms with Crippen LogP contribution >= 0.6 is 22.6 Å². The van der Waals surface area contributed by atoms with Crippen molar-refractivity contribution < 1.29 is 9.18 Å². The van der Waals surface area contributed by atoms with Gasteiger partial charge in [0.05, 0.1) is 11.6 Å². The molecule has 0 aliphatic carbocycles. The fraction of sp³-hybridized carbons (Fsp3) is 0.364. The molecule has 0 spiro atoms. The van der Waals surface area contributed by atoms with Gasteiger partial charge in [0.25, 0.3) is 0 Å². The molecule has 0 saturated heterocycles. The standard InChI is InChI=1S/C11H14FIN2O/c1-2-7(6-14)11(16)15-10-4-3-8(12)5-9(10)13/h3-5,7H,2,6,14H2,1H3,(H,15,16). The summed E-state index contributed by atoms with van der Waals surface area (Å²) in [7, 11) is 0. The third kappa shape index (κ3) is 3.41. The van der Waals surface area contributed by atoms with Crippen molar-refractivity contribution in [1.82, 2.24) is 0 Å². The first-order valence-electron chi connectivity index (χ1n) is 5.04. The third-order valence-corrected chi connectivity index (χ3v) is 3.23. The highest BCUT2D eigenvalue weighted by Crippen LogP contribution is 2.19. The SMILES string of the molecule is CCC(CN)C(=O)Nc1ccc(F)cc1I. The minimum atomic E-state index is -0.312. The van der Waals surface area contributed by atoms with Gasteiger partial charge in [-0.25, -0.2) is 4.39 Å².